The number of hydrogen-bond acceptors (Lipinski definition) is 3. The number of furan rings is 1. The summed E-state index contributed by atoms with van der Waals surface area (Å²) in [5.41, 5.74) is 6.99. The molecule has 1 aromatic heterocycles. The summed E-state index contributed by atoms with van der Waals surface area (Å²) in [6.45, 7) is 0.575. The Morgan fingerprint density at radius 3 is 2.59 bits per heavy atom. The standard InChI is InChI=1S/C13H14ClNOS/c14-11-5-3-10(4-6-11)9-17-13(8-15)12-2-1-7-16-12/h1-7,13H,8-9,15H2. The van der Waals surface area contributed by atoms with Crippen molar-refractivity contribution in [2.75, 3.05) is 6.54 Å². The molecule has 1 aromatic carbocycles. The number of halogens is 1. The van der Waals surface area contributed by atoms with Gasteiger partial charge in [-0.25, -0.2) is 0 Å². The summed E-state index contributed by atoms with van der Waals surface area (Å²) in [5.74, 6) is 1.84. The number of rotatable bonds is 5. The van der Waals surface area contributed by atoms with Crippen molar-refractivity contribution in [2.24, 2.45) is 5.73 Å². The van der Waals surface area contributed by atoms with Crippen LogP contribution in [0.15, 0.2) is 47.1 Å². The van der Waals surface area contributed by atoms with Crippen LogP contribution in [0.3, 0.4) is 0 Å². The topological polar surface area (TPSA) is 39.2 Å². The summed E-state index contributed by atoms with van der Waals surface area (Å²) in [5, 5.41) is 0.973. The highest BCUT2D eigenvalue weighted by atomic mass is 35.5. The van der Waals surface area contributed by atoms with E-state index in [2.05, 4.69) is 0 Å². The third kappa shape index (κ3) is 3.53. The van der Waals surface area contributed by atoms with Crippen LogP contribution >= 0.6 is 23.4 Å². The highest BCUT2D eigenvalue weighted by Crippen LogP contribution is 2.31. The molecule has 0 spiro atoms. The average Bonchev–Trinajstić information content (AvgIpc) is 2.86. The number of thioether (sulfide) groups is 1. The van der Waals surface area contributed by atoms with E-state index in [9.17, 15) is 0 Å². The molecule has 0 bridgehead atoms. The second kappa shape index (κ2) is 6.15. The van der Waals surface area contributed by atoms with Gasteiger partial charge in [0.2, 0.25) is 0 Å². The van der Waals surface area contributed by atoms with Gasteiger partial charge < -0.3 is 10.2 Å². The number of hydrogen-bond donors (Lipinski definition) is 1. The van der Waals surface area contributed by atoms with Crippen molar-refractivity contribution in [3.63, 3.8) is 0 Å². The van der Waals surface area contributed by atoms with Gasteiger partial charge in [-0.05, 0) is 29.8 Å². The van der Waals surface area contributed by atoms with Crippen molar-refractivity contribution in [3.05, 3.63) is 59.0 Å². The summed E-state index contributed by atoms with van der Waals surface area (Å²) >= 11 is 7.62. The van der Waals surface area contributed by atoms with Gasteiger partial charge in [0.25, 0.3) is 0 Å². The fraction of sp³-hybridized carbons (Fsp3) is 0.231. The van der Waals surface area contributed by atoms with Crippen LogP contribution in [0.1, 0.15) is 16.6 Å². The normalized spacial score (nSPS) is 12.6. The van der Waals surface area contributed by atoms with Crippen molar-refractivity contribution in [2.45, 2.75) is 11.0 Å². The highest BCUT2D eigenvalue weighted by molar-refractivity contribution is 7.98. The van der Waals surface area contributed by atoms with Crippen molar-refractivity contribution in [1.29, 1.82) is 0 Å². The van der Waals surface area contributed by atoms with Gasteiger partial charge in [-0.1, -0.05) is 23.7 Å². The van der Waals surface area contributed by atoms with Crippen molar-refractivity contribution in [1.82, 2.24) is 0 Å². The molecule has 2 aromatic rings. The van der Waals surface area contributed by atoms with Gasteiger partial charge in [0.1, 0.15) is 5.76 Å². The first-order valence-corrected chi connectivity index (χ1v) is 6.82. The van der Waals surface area contributed by atoms with Crippen LogP contribution in [0, 0.1) is 0 Å². The molecule has 1 atom stereocenters. The van der Waals surface area contributed by atoms with Gasteiger partial charge in [0, 0.05) is 17.3 Å². The fourth-order valence-electron chi connectivity index (χ4n) is 1.52. The van der Waals surface area contributed by atoms with Gasteiger partial charge in [0.05, 0.1) is 11.5 Å². The first-order chi connectivity index (χ1) is 8.29. The number of nitrogens with two attached hydrogens (primary N) is 1. The Hall–Kier alpha value is -0.900. The lowest BCUT2D eigenvalue weighted by molar-refractivity contribution is 0.507. The van der Waals surface area contributed by atoms with E-state index in [1.807, 2.05) is 36.4 Å². The van der Waals surface area contributed by atoms with Gasteiger partial charge in [0.15, 0.2) is 0 Å². The lowest BCUT2D eigenvalue weighted by Crippen LogP contribution is -2.08. The molecule has 17 heavy (non-hydrogen) atoms. The van der Waals surface area contributed by atoms with Crippen LogP contribution in [-0.2, 0) is 5.75 Å². The largest absolute Gasteiger partial charge is 0.468 e. The molecule has 0 amide bonds. The molecule has 0 saturated heterocycles. The monoisotopic (exact) mass is 267 g/mol. The maximum absolute atomic E-state index is 5.84. The maximum Gasteiger partial charge on any atom is 0.118 e. The van der Waals surface area contributed by atoms with Crippen molar-refractivity contribution < 1.29 is 4.42 Å². The lowest BCUT2D eigenvalue weighted by Gasteiger charge is -2.11. The molecular weight excluding hydrogens is 254 g/mol. The Morgan fingerprint density at radius 2 is 2.00 bits per heavy atom. The maximum atomic E-state index is 5.84. The van der Waals surface area contributed by atoms with Gasteiger partial charge >= 0.3 is 0 Å². The second-order valence-corrected chi connectivity index (χ2v) is 5.30. The summed E-state index contributed by atoms with van der Waals surface area (Å²) in [7, 11) is 0. The quantitative estimate of drug-likeness (QED) is 0.894. The van der Waals surface area contributed by atoms with E-state index in [1.54, 1.807) is 18.0 Å². The summed E-state index contributed by atoms with van der Waals surface area (Å²) in [4.78, 5) is 0. The smallest absolute Gasteiger partial charge is 0.118 e. The molecule has 90 valence electrons. The molecule has 2 rings (SSSR count). The predicted octanol–water partition coefficient (Wildman–Crippen LogP) is 3.87. The summed E-state index contributed by atoms with van der Waals surface area (Å²) in [6.07, 6.45) is 1.68. The first kappa shape index (κ1) is 12.6. The highest BCUT2D eigenvalue weighted by Gasteiger charge is 2.12. The molecule has 0 fully saturated rings. The minimum absolute atomic E-state index is 0.209. The Kier molecular flexibility index (Phi) is 4.54. The molecule has 4 heteroatoms. The third-order valence-corrected chi connectivity index (χ3v) is 4.02. The summed E-state index contributed by atoms with van der Waals surface area (Å²) < 4.78 is 5.37. The fourth-order valence-corrected chi connectivity index (χ4v) is 2.66. The first-order valence-electron chi connectivity index (χ1n) is 5.39. The zero-order valence-electron chi connectivity index (χ0n) is 9.30. The molecule has 0 saturated carbocycles. The molecule has 0 aliphatic rings. The van der Waals surface area contributed by atoms with Crippen LogP contribution in [0.2, 0.25) is 5.02 Å². The van der Waals surface area contributed by atoms with E-state index in [0.29, 0.717) is 6.54 Å². The lowest BCUT2D eigenvalue weighted by atomic mass is 10.2. The van der Waals surface area contributed by atoms with E-state index < -0.39 is 0 Å². The summed E-state index contributed by atoms with van der Waals surface area (Å²) in [6, 6.07) is 11.7. The number of benzene rings is 1. The predicted molar refractivity (Wildman–Crippen MR) is 73.3 cm³/mol. The molecule has 1 unspecified atom stereocenters. The molecule has 0 radical (unpaired) electrons. The SMILES string of the molecule is NCC(SCc1ccc(Cl)cc1)c1ccco1. The van der Waals surface area contributed by atoms with Crippen molar-refractivity contribution >= 4 is 23.4 Å². The molecule has 2 nitrogen and oxygen atoms in total. The third-order valence-electron chi connectivity index (χ3n) is 2.44. The van der Waals surface area contributed by atoms with Crippen molar-refractivity contribution in [3.8, 4) is 0 Å². The Morgan fingerprint density at radius 1 is 1.24 bits per heavy atom. The zero-order chi connectivity index (χ0) is 12.1. The molecule has 1 heterocycles. The van der Waals surface area contributed by atoms with Crippen LogP contribution in [-0.4, -0.2) is 6.54 Å². The van der Waals surface area contributed by atoms with E-state index in [0.717, 1.165) is 16.5 Å². The average molecular weight is 268 g/mol. The Bertz CT molecular complexity index is 441. The van der Waals surface area contributed by atoms with Crippen LogP contribution in [0.25, 0.3) is 0 Å². The van der Waals surface area contributed by atoms with Gasteiger partial charge in [-0.2, -0.15) is 0 Å². The van der Waals surface area contributed by atoms with Gasteiger partial charge in [-0.3, -0.25) is 0 Å². The molecular formula is C13H14ClNOS. The zero-order valence-corrected chi connectivity index (χ0v) is 10.9. The van der Waals surface area contributed by atoms with E-state index in [-0.39, 0.29) is 5.25 Å². The molecule has 2 N–H and O–H groups in total. The molecule has 0 aliphatic heterocycles. The van der Waals surface area contributed by atoms with Crippen LogP contribution in [0.5, 0.6) is 0 Å². The Labute approximate surface area is 110 Å². The Balaban J connectivity index is 1.94. The minimum atomic E-state index is 0.209. The second-order valence-electron chi connectivity index (χ2n) is 3.68. The van der Waals surface area contributed by atoms with E-state index >= 15 is 0 Å². The van der Waals surface area contributed by atoms with Crippen LogP contribution in [0.4, 0.5) is 0 Å². The van der Waals surface area contributed by atoms with E-state index in [1.165, 1.54) is 5.56 Å². The minimum Gasteiger partial charge on any atom is -0.468 e. The van der Waals surface area contributed by atoms with E-state index in [4.69, 9.17) is 21.8 Å². The van der Waals surface area contributed by atoms with Crippen LogP contribution < -0.4 is 5.73 Å². The van der Waals surface area contributed by atoms with Gasteiger partial charge in [-0.15, -0.1) is 11.8 Å². The molecule has 0 aliphatic carbocycles.